The number of carboxylic acid groups (broad SMARTS) is 1. The van der Waals surface area contributed by atoms with Crippen molar-refractivity contribution < 1.29 is 19.4 Å². The van der Waals surface area contributed by atoms with Crippen molar-refractivity contribution in [2.45, 2.75) is 31.3 Å². The first-order valence-electron chi connectivity index (χ1n) is 6.34. The lowest BCUT2D eigenvalue weighted by Crippen LogP contribution is -2.42. The van der Waals surface area contributed by atoms with E-state index in [2.05, 4.69) is 21.2 Å². The fraction of sp³-hybridized carbons (Fsp3) is 0.429. The summed E-state index contributed by atoms with van der Waals surface area (Å²) in [6.07, 6.45) is 3.20. The minimum Gasteiger partial charge on any atom is -0.478 e. The van der Waals surface area contributed by atoms with Crippen molar-refractivity contribution in [1.29, 1.82) is 0 Å². The number of aromatic carboxylic acids is 1. The van der Waals surface area contributed by atoms with E-state index in [4.69, 9.17) is 9.84 Å². The maximum atomic E-state index is 12.0. The second-order valence-electron chi connectivity index (χ2n) is 4.97. The average molecular weight is 342 g/mol. The Morgan fingerprint density at radius 1 is 1.45 bits per heavy atom. The van der Waals surface area contributed by atoms with Crippen LogP contribution in [0.5, 0.6) is 0 Å². The molecule has 5 nitrogen and oxygen atoms in total. The maximum absolute atomic E-state index is 12.0. The molecule has 6 heteroatoms. The third-order valence-electron chi connectivity index (χ3n) is 3.67. The SMILES string of the molecule is COC1(CC(=O)Nc2ccc(C(=O)O)cc2Br)CCC1. The van der Waals surface area contributed by atoms with E-state index in [0.717, 1.165) is 19.3 Å². The molecule has 0 heterocycles. The van der Waals surface area contributed by atoms with Crippen molar-refractivity contribution in [3.05, 3.63) is 28.2 Å². The molecule has 0 radical (unpaired) electrons. The number of anilines is 1. The molecule has 2 rings (SSSR count). The van der Waals surface area contributed by atoms with Crippen molar-refractivity contribution >= 4 is 33.5 Å². The molecule has 2 N–H and O–H groups in total. The second kappa shape index (κ2) is 5.93. The van der Waals surface area contributed by atoms with E-state index in [1.165, 1.54) is 12.1 Å². The molecule has 1 saturated carbocycles. The number of hydrogen-bond acceptors (Lipinski definition) is 3. The summed E-state index contributed by atoms with van der Waals surface area (Å²) in [6.45, 7) is 0. The van der Waals surface area contributed by atoms with Gasteiger partial charge in [-0.25, -0.2) is 4.79 Å². The first kappa shape index (κ1) is 15.0. The van der Waals surface area contributed by atoms with E-state index in [9.17, 15) is 9.59 Å². The van der Waals surface area contributed by atoms with Crippen LogP contribution < -0.4 is 5.32 Å². The molecule has 0 saturated heterocycles. The van der Waals surface area contributed by atoms with E-state index in [0.29, 0.717) is 16.6 Å². The lowest BCUT2D eigenvalue weighted by atomic mass is 9.77. The number of halogens is 1. The summed E-state index contributed by atoms with van der Waals surface area (Å²) in [7, 11) is 1.63. The van der Waals surface area contributed by atoms with Crippen LogP contribution in [0, 0.1) is 0 Å². The Labute approximate surface area is 125 Å². The summed E-state index contributed by atoms with van der Waals surface area (Å²) < 4.78 is 5.96. The van der Waals surface area contributed by atoms with Crippen LogP contribution in [-0.4, -0.2) is 29.7 Å². The van der Waals surface area contributed by atoms with Gasteiger partial charge in [0.15, 0.2) is 0 Å². The van der Waals surface area contributed by atoms with Gasteiger partial charge >= 0.3 is 5.97 Å². The Bertz CT molecular complexity index is 534. The Morgan fingerprint density at radius 2 is 2.15 bits per heavy atom. The van der Waals surface area contributed by atoms with Gasteiger partial charge in [-0.05, 0) is 53.4 Å². The van der Waals surface area contributed by atoms with Crippen LogP contribution in [0.4, 0.5) is 5.69 Å². The summed E-state index contributed by atoms with van der Waals surface area (Å²) in [6, 6.07) is 4.50. The molecule has 0 aromatic heterocycles. The van der Waals surface area contributed by atoms with Gasteiger partial charge < -0.3 is 15.2 Å². The number of carboxylic acids is 1. The highest BCUT2D eigenvalue weighted by Crippen LogP contribution is 2.38. The van der Waals surface area contributed by atoms with Gasteiger partial charge in [-0.15, -0.1) is 0 Å². The van der Waals surface area contributed by atoms with Crippen LogP contribution in [0.3, 0.4) is 0 Å². The van der Waals surface area contributed by atoms with E-state index in [1.807, 2.05) is 0 Å². The summed E-state index contributed by atoms with van der Waals surface area (Å²) in [5.41, 5.74) is 0.408. The normalized spacial score (nSPS) is 16.3. The zero-order chi connectivity index (χ0) is 14.8. The fourth-order valence-corrected chi connectivity index (χ4v) is 2.74. The molecule has 1 fully saturated rings. The molecule has 108 valence electrons. The molecule has 1 aromatic carbocycles. The number of carbonyl (C=O) groups excluding carboxylic acids is 1. The van der Waals surface area contributed by atoms with Gasteiger partial charge in [-0.2, -0.15) is 0 Å². The van der Waals surface area contributed by atoms with Gasteiger partial charge in [0.1, 0.15) is 0 Å². The maximum Gasteiger partial charge on any atom is 0.335 e. The first-order valence-corrected chi connectivity index (χ1v) is 7.13. The molecule has 1 amide bonds. The molecule has 0 aliphatic heterocycles. The highest BCUT2D eigenvalue weighted by molar-refractivity contribution is 9.10. The molecule has 1 aliphatic rings. The Morgan fingerprint density at radius 3 is 2.60 bits per heavy atom. The van der Waals surface area contributed by atoms with E-state index >= 15 is 0 Å². The number of rotatable bonds is 5. The molecule has 1 aliphatic carbocycles. The predicted molar refractivity (Wildman–Crippen MR) is 77.9 cm³/mol. The summed E-state index contributed by atoms with van der Waals surface area (Å²) in [5.74, 6) is -1.13. The van der Waals surface area contributed by atoms with Crippen LogP contribution in [0.1, 0.15) is 36.0 Å². The third-order valence-corrected chi connectivity index (χ3v) is 4.33. The zero-order valence-corrected chi connectivity index (χ0v) is 12.7. The number of benzene rings is 1. The van der Waals surface area contributed by atoms with Gasteiger partial charge in [0.25, 0.3) is 0 Å². The quantitative estimate of drug-likeness (QED) is 0.862. The number of nitrogens with one attached hydrogen (secondary N) is 1. The van der Waals surface area contributed by atoms with Crippen LogP contribution in [0.25, 0.3) is 0 Å². The number of hydrogen-bond donors (Lipinski definition) is 2. The van der Waals surface area contributed by atoms with Crippen molar-refractivity contribution in [3.8, 4) is 0 Å². The number of amides is 1. The van der Waals surface area contributed by atoms with Crippen molar-refractivity contribution in [2.75, 3.05) is 12.4 Å². The second-order valence-corrected chi connectivity index (χ2v) is 5.82. The first-order chi connectivity index (χ1) is 9.46. The minimum absolute atomic E-state index is 0.129. The van der Waals surface area contributed by atoms with E-state index in [1.54, 1.807) is 13.2 Å². The van der Waals surface area contributed by atoms with Gasteiger partial charge in [-0.3, -0.25) is 4.79 Å². The smallest absolute Gasteiger partial charge is 0.335 e. The monoisotopic (exact) mass is 341 g/mol. The highest BCUT2D eigenvalue weighted by atomic mass is 79.9. The molecule has 1 aromatic rings. The number of ether oxygens (including phenoxy) is 1. The Kier molecular flexibility index (Phi) is 4.45. The topological polar surface area (TPSA) is 75.6 Å². The van der Waals surface area contributed by atoms with Gasteiger partial charge in [-0.1, -0.05) is 0 Å². The van der Waals surface area contributed by atoms with Gasteiger partial charge in [0.2, 0.25) is 5.91 Å². The summed E-state index contributed by atoms with van der Waals surface area (Å²) in [5, 5.41) is 11.7. The average Bonchev–Trinajstić information content (AvgIpc) is 2.36. The van der Waals surface area contributed by atoms with Crippen molar-refractivity contribution in [3.63, 3.8) is 0 Å². The fourth-order valence-electron chi connectivity index (χ4n) is 2.26. The van der Waals surface area contributed by atoms with Gasteiger partial charge in [0.05, 0.1) is 23.3 Å². The lowest BCUT2D eigenvalue weighted by Gasteiger charge is -2.39. The lowest BCUT2D eigenvalue weighted by molar-refractivity contribution is -0.129. The molecular weight excluding hydrogens is 326 g/mol. The molecule has 0 unspecified atom stereocenters. The summed E-state index contributed by atoms with van der Waals surface area (Å²) in [4.78, 5) is 22.9. The van der Waals surface area contributed by atoms with Crippen molar-refractivity contribution in [2.24, 2.45) is 0 Å². The minimum atomic E-state index is -1.00. The van der Waals surface area contributed by atoms with Crippen LogP contribution in [0.2, 0.25) is 0 Å². The Hall–Kier alpha value is -1.40. The highest BCUT2D eigenvalue weighted by Gasteiger charge is 2.39. The largest absolute Gasteiger partial charge is 0.478 e. The summed E-state index contributed by atoms with van der Waals surface area (Å²) >= 11 is 3.26. The molecular formula is C14H16BrNO4. The van der Waals surface area contributed by atoms with E-state index in [-0.39, 0.29) is 17.1 Å². The number of carbonyl (C=O) groups is 2. The number of methoxy groups -OCH3 is 1. The standard InChI is InChI=1S/C14H16BrNO4/c1-20-14(5-2-6-14)8-12(17)16-11-4-3-9(13(18)19)7-10(11)15/h3-4,7H,2,5-6,8H2,1H3,(H,16,17)(H,18,19). The predicted octanol–water partition coefficient (Wildman–Crippen LogP) is 3.05. The van der Waals surface area contributed by atoms with Gasteiger partial charge in [0, 0.05) is 11.6 Å². The van der Waals surface area contributed by atoms with E-state index < -0.39 is 5.97 Å². The molecule has 20 heavy (non-hydrogen) atoms. The molecule has 0 bridgehead atoms. The van der Waals surface area contributed by atoms with Crippen molar-refractivity contribution in [1.82, 2.24) is 0 Å². The molecule has 0 spiro atoms. The van der Waals surface area contributed by atoms with Crippen LogP contribution >= 0.6 is 15.9 Å². The molecule has 0 atom stereocenters. The van der Waals surface area contributed by atoms with Crippen LogP contribution in [-0.2, 0) is 9.53 Å². The van der Waals surface area contributed by atoms with Crippen LogP contribution in [0.15, 0.2) is 22.7 Å². The Balaban J connectivity index is 2.02. The zero-order valence-electron chi connectivity index (χ0n) is 11.1. The third kappa shape index (κ3) is 3.19.